The van der Waals surface area contributed by atoms with Crippen molar-refractivity contribution < 1.29 is 9.47 Å². The molecule has 2 fully saturated rings. The van der Waals surface area contributed by atoms with Crippen molar-refractivity contribution in [3.8, 4) is 0 Å². The molecule has 0 aromatic carbocycles. The maximum atomic E-state index is 5.63. The van der Waals surface area contributed by atoms with Gasteiger partial charge < -0.3 is 9.47 Å². The molecule has 0 aliphatic carbocycles. The molecule has 0 spiro atoms. The maximum absolute atomic E-state index is 5.63. The molecule has 2 saturated heterocycles. The molecule has 2 unspecified atom stereocenters. The molecule has 2 nitrogen and oxygen atoms in total. The Morgan fingerprint density at radius 3 is 3.10 bits per heavy atom. The van der Waals surface area contributed by atoms with E-state index in [9.17, 15) is 0 Å². The van der Waals surface area contributed by atoms with Crippen molar-refractivity contribution in [1.82, 2.24) is 0 Å². The second-order valence-electron chi connectivity index (χ2n) is 3.22. The zero-order valence-electron chi connectivity index (χ0n) is 5.97. The Labute approximate surface area is 74.4 Å². The molecule has 0 N–H and O–H groups in total. The lowest BCUT2D eigenvalue weighted by molar-refractivity contribution is -0.00439. The van der Waals surface area contributed by atoms with Crippen molar-refractivity contribution in [3.63, 3.8) is 0 Å². The van der Waals surface area contributed by atoms with E-state index in [0.29, 0.717) is 12.0 Å². The van der Waals surface area contributed by atoms with Crippen molar-refractivity contribution in [3.05, 3.63) is 0 Å². The summed E-state index contributed by atoms with van der Waals surface area (Å²) in [6, 6.07) is 0. The summed E-state index contributed by atoms with van der Waals surface area (Å²) in [5.41, 5.74) is 0. The Balaban J connectivity index is 2.12. The number of hydrogen-bond acceptors (Lipinski definition) is 2. The van der Waals surface area contributed by atoms with Gasteiger partial charge in [0.1, 0.15) is 3.61 Å². The molecule has 2 bridgehead atoms. The van der Waals surface area contributed by atoms with E-state index in [-0.39, 0.29) is 3.61 Å². The molecule has 0 aromatic heterocycles. The molecule has 0 aromatic rings. The van der Waals surface area contributed by atoms with Crippen LogP contribution in [0.2, 0.25) is 0 Å². The molecular formula is C7H11IO2. The van der Waals surface area contributed by atoms with Crippen LogP contribution in [0.3, 0.4) is 0 Å². The quantitative estimate of drug-likeness (QED) is 0.482. The number of hydrogen-bond donors (Lipinski definition) is 0. The van der Waals surface area contributed by atoms with E-state index in [1.54, 1.807) is 0 Å². The van der Waals surface area contributed by atoms with Crippen LogP contribution in [0.1, 0.15) is 13.3 Å². The van der Waals surface area contributed by atoms with Crippen LogP contribution in [0.4, 0.5) is 0 Å². The van der Waals surface area contributed by atoms with Crippen molar-refractivity contribution >= 4 is 22.6 Å². The molecule has 0 saturated carbocycles. The molecule has 3 atom stereocenters. The lowest BCUT2D eigenvalue weighted by atomic mass is 10.00. The van der Waals surface area contributed by atoms with E-state index >= 15 is 0 Å². The van der Waals surface area contributed by atoms with Crippen LogP contribution in [-0.4, -0.2) is 22.9 Å². The standard InChI is InChI=1S/C7H11IO2/c1-5-3-10-7(8)2-6(5)9-4-7/h5-6H,2-4H2,1H3/t5?,6?,7-/m1/s1. The molecular weight excluding hydrogens is 243 g/mol. The lowest BCUT2D eigenvalue weighted by Gasteiger charge is -2.29. The van der Waals surface area contributed by atoms with Crippen LogP contribution in [0.25, 0.3) is 0 Å². The topological polar surface area (TPSA) is 18.5 Å². The van der Waals surface area contributed by atoms with Crippen LogP contribution >= 0.6 is 22.6 Å². The minimum absolute atomic E-state index is 0.0228. The average molecular weight is 254 g/mol. The fraction of sp³-hybridized carbons (Fsp3) is 1.00. The first-order valence-corrected chi connectivity index (χ1v) is 4.72. The summed E-state index contributed by atoms with van der Waals surface area (Å²) in [7, 11) is 0. The first kappa shape index (κ1) is 7.31. The monoisotopic (exact) mass is 254 g/mol. The predicted molar refractivity (Wildman–Crippen MR) is 46.2 cm³/mol. The van der Waals surface area contributed by atoms with Gasteiger partial charge in [-0.25, -0.2) is 0 Å². The third-order valence-corrected chi connectivity index (χ3v) is 3.32. The van der Waals surface area contributed by atoms with Crippen LogP contribution in [0.5, 0.6) is 0 Å². The summed E-state index contributed by atoms with van der Waals surface area (Å²) in [5, 5.41) is 0. The molecule has 0 amide bonds. The first-order valence-electron chi connectivity index (χ1n) is 3.64. The highest BCUT2D eigenvalue weighted by molar-refractivity contribution is 14.1. The second kappa shape index (κ2) is 2.32. The molecule has 2 aliphatic heterocycles. The molecule has 3 heteroatoms. The van der Waals surface area contributed by atoms with Gasteiger partial charge in [-0.1, -0.05) is 6.92 Å². The van der Waals surface area contributed by atoms with Gasteiger partial charge in [0.05, 0.1) is 19.3 Å². The van der Waals surface area contributed by atoms with E-state index in [4.69, 9.17) is 9.47 Å². The summed E-state index contributed by atoms with van der Waals surface area (Å²) < 4.78 is 11.2. The zero-order chi connectivity index (χ0) is 7.19. The van der Waals surface area contributed by atoms with Gasteiger partial charge in [0.25, 0.3) is 0 Å². The van der Waals surface area contributed by atoms with Crippen LogP contribution in [-0.2, 0) is 9.47 Å². The molecule has 0 radical (unpaired) electrons. The Morgan fingerprint density at radius 2 is 2.40 bits per heavy atom. The van der Waals surface area contributed by atoms with Gasteiger partial charge in [0.15, 0.2) is 0 Å². The molecule has 2 aliphatic rings. The Bertz CT molecular complexity index is 151. The van der Waals surface area contributed by atoms with Gasteiger partial charge in [0, 0.05) is 12.3 Å². The lowest BCUT2D eigenvalue weighted by Crippen LogP contribution is -2.35. The zero-order valence-corrected chi connectivity index (χ0v) is 8.13. The van der Waals surface area contributed by atoms with Gasteiger partial charge in [-0.05, 0) is 22.6 Å². The highest BCUT2D eigenvalue weighted by Crippen LogP contribution is 2.41. The van der Waals surface area contributed by atoms with E-state index in [1.807, 2.05) is 0 Å². The number of alkyl halides is 1. The predicted octanol–water partition coefficient (Wildman–Crippen LogP) is 1.57. The second-order valence-corrected chi connectivity index (χ2v) is 5.19. The summed E-state index contributed by atoms with van der Waals surface area (Å²) in [6.45, 7) is 3.84. The minimum atomic E-state index is 0.0228. The summed E-state index contributed by atoms with van der Waals surface area (Å²) in [6.07, 6.45) is 1.54. The first-order chi connectivity index (χ1) is 4.70. The number of ether oxygens (including phenoxy) is 2. The van der Waals surface area contributed by atoms with E-state index in [1.165, 1.54) is 0 Å². The third kappa shape index (κ3) is 1.08. The fourth-order valence-corrected chi connectivity index (χ4v) is 2.30. The number of halogens is 1. The number of rotatable bonds is 0. The Morgan fingerprint density at radius 1 is 1.60 bits per heavy atom. The normalized spacial score (nSPS) is 53.4. The van der Waals surface area contributed by atoms with Gasteiger partial charge >= 0.3 is 0 Å². The highest BCUT2D eigenvalue weighted by atomic mass is 127. The van der Waals surface area contributed by atoms with E-state index in [0.717, 1.165) is 19.6 Å². The van der Waals surface area contributed by atoms with Gasteiger partial charge in [-0.2, -0.15) is 0 Å². The molecule has 10 heavy (non-hydrogen) atoms. The van der Waals surface area contributed by atoms with Crippen LogP contribution in [0.15, 0.2) is 0 Å². The van der Waals surface area contributed by atoms with Crippen molar-refractivity contribution in [2.75, 3.05) is 13.2 Å². The van der Waals surface area contributed by atoms with Crippen molar-refractivity contribution in [1.29, 1.82) is 0 Å². The smallest absolute Gasteiger partial charge is 0.144 e. The summed E-state index contributed by atoms with van der Waals surface area (Å²) in [4.78, 5) is 0. The number of fused-ring (bicyclic) bond motifs is 2. The highest BCUT2D eigenvalue weighted by Gasteiger charge is 2.45. The van der Waals surface area contributed by atoms with Crippen LogP contribution in [0, 0.1) is 5.92 Å². The largest absolute Gasteiger partial charge is 0.374 e. The molecule has 2 rings (SSSR count). The van der Waals surface area contributed by atoms with Crippen LogP contribution < -0.4 is 0 Å². The van der Waals surface area contributed by atoms with Gasteiger partial charge in [-0.3, -0.25) is 0 Å². The molecule has 2 heterocycles. The Kier molecular flexibility index (Phi) is 1.69. The van der Waals surface area contributed by atoms with Gasteiger partial charge in [-0.15, -0.1) is 0 Å². The Hall–Kier alpha value is 0.650. The fourth-order valence-electron chi connectivity index (χ4n) is 1.50. The summed E-state index contributed by atoms with van der Waals surface area (Å²) in [5.74, 6) is 0.588. The molecule has 58 valence electrons. The van der Waals surface area contributed by atoms with Crippen molar-refractivity contribution in [2.24, 2.45) is 5.92 Å². The maximum Gasteiger partial charge on any atom is 0.144 e. The van der Waals surface area contributed by atoms with Gasteiger partial charge in [0.2, 0.25) is 0 Å². The van der Waals surface area contributed by atoms with E-state index < -0.39 is 0 Å². The van der Waals surface area contributed by atoms with Crippen molar-refractivity contribution in [2.45, 2.75) is 23.1 Å². The minimum Gasteiger partial charge on any atom is -0.374 e. The average Bonchev–Trinajstić information content (AvgIpc) is 2.23. The third-order valence-electron chi connectivity index (χ3n) is 2.26. The SMILES string of the molecule is CC1CO[C@@]2(I)COC1C2. The summed E-state index contributed by atoms with van der Waals surface area (Å²) >= 11 is 2.36. The van der Waals surface area contributed by atoms with E-state index in [2.05, 4.69) is 29.5 Å².